The van der Waals surface area contributed by atoms with Crippen molar-refractivity contribution in [1.82, 2.24) is 20.8 Å². The number of imide groups is 2. The van der Waals surface area contributed by atoms with Crippen molar-refractivity contribution < 1.29 is 82.7 Å². The van der Waals surface area contributed by atoms with E-state index in [2.05, 4.69) is 20.3 Å². The molecule has 21 nitrogen and oxygen atoms in total. The van der Waals surface area contributed by atoms with Crippen LogP contribution in [-0.4, -0.2) is 167 Å². The largest absolute Gasteiger partial charge is 0.396 e. The molecule has 21 heteroatoms. The summed E-state index contributed by atoms with van der Waals surface area (Å²) in [5.74, 6) is -3.05. The van der Waals surface area contributed by atoms with Crippen LogP contribution in [0.15, 0.2) is 0 Å². The second kappa shape index (κ2) is 46.3. The molecule has 2 heterocycles. The Bertz CT molecular complexity index is 1030. The molecule has 0 radical (unpaired) electrons. The van der Waals surface area contributed by atoms with Crippen LogP contribution in [-0.2, 0) is 62.3 Å². The van der Waals surface area contributed by atoms with Gasteiger partial charge < -0.3 is 59.8 Å². The molecule has 4 amide bonds. The Morgan fingerprint density at radius 1 is 0.596 bits per heavy atom. The summed E-state index contributed by atoms with van der Waals surface area (Å²) in [7, 11) is 7.50. The summed E-state index contributed by atoms with van der Waals surface area (Å²) in [5.41, 5.74) is 0. The number of hydrogen-bond donors (Lipinski definition) is 6. The molecular formula is C36H68N4O17. The Morgan fingerprint density at radius 2 is 0.912 bits per heavy atom. The summed E-state index contributed by atoms with van der Waals surface area (Å²) in [6, 6.07) is 0. The number of rotatable bonds is 21. The van der Waals surface area contributed by atoms with Gasteiger partial charge in [0.25, 0.3) is 23.6 Å². The van der Waals surface area contributed by atoms with Crippen LogP contribution in [0.2, 0.25) is 0 Å². The average Bonchev–Trinajstić information content (AvgIpc) is 3.68. The smallest absolute Gasteiger partial charge is 0.358 e. The molecule has 0 aliphatic carbocycles. The molecule has 2 atom stereocenters. The molecule has 0 saturated carbocycles. The summed E-state index contributed by atoms with van der Waals surface area (Å²) < 4.78 is 10.3. The van der Waals surface area contributed by atoms with Crippen molar-refractivity contribution in [3.05, 3.63) is 0 Å². The van der Waals surface area contributed by atoms with Crippen molar-refractivity contribution in [2.45, 2.75) is 84.5 Å². The van der Waals surface area contributed by atoms with Crippen LogP contribution in [0.1, 0.15) is 84.5 Å². The summed E-state index contributed by atoms with van der Waals surface area (Å²) in [6.07, 6.45) is 4.51. The molecule has 2 rings (SSSR count). The molecule has 0 aromatic rings. The Balaban J connectivity index is -0.000000219. The highest BCUT2D eigenvalue weighted by Crippen LogP contribution is 2.14. The fourth-order valence-electron chi connectivity index (χ4n) is 4.04. The van der Waals surface area contributed by atoms with Crippen LogP contribution < -0.4 is 10.6 Å². The van der Waals surface area contributed by atoms with E-state index in [0.29, 0.717) is 48.8 Å². The molecule has 0 aromatic heterocycles. The Morgan fingerprint density at radius 3 is 1.19 bits per heavy atom. The maximum atomic E-state index is 11.5. The molecule has 2 saturated heterocycles. The molecule has 0 bridgehead atoms. The van der Waals surface area contributed by atoms with Crippen molar-refractivity contribution in [1.29, 1.82) is 0 Å². The van der Waals surface area contributed by atoms with Crippen LogP contribution in [0.3, 0.4) is 0 Å². The van der Waals surface area contributed by atoms with Gasteiger partial charge in [-0.15, -0.1) is 10.1 Å². The zero-order chi connectivity index (χ0) is 45.0. The van der Waals surface area contributed by atoms with Crippen molar-refractivity contribution in [3.8, 4) is 0 Å². The summed E-state index contributed by atoms with van der Waals surface area (Å²) in [4.78, 5) is 102. The molecule has 0 spiro atoms. The quantitative estimate of drug-likeness (QED) is 0.0760. The number of nitrogens with one attached hydrogen (secondary N) is 2. The molecule has 6 N–H and O–H groups in total. The fourth-order valence-corrected chi connectivity index (χ4v) is 4.04. The molecular weight excluding hydrogens is 760 g/mol. The maximum absolute atomic E-state index is 11.5. The lowest BCUT2D eigenvalue weighted by atomic mass is 10.0. The lowest BCUT2D eigenvalue weighted by Crippen LogP contribution is -2.33. The van der Waals surface area contributed by atoms with E-state index in [9.17, 15) is 33.6 Å². The van der Waals surface area contributed by atoms with Gasteiger partial charge in [0.15, 0.2) is 5.78 Å². The number of ketones is 1. The van der Waals surface area contributed by atoms with Crippen molar-refractivity contribution in [2.75, 3.05) is 81.0 Å². The topological polar surface area (TPSA) is 302 Å². The van der Waals surface area contributed by atoms with E-state index in [0.717, 1.165) is 6.42 Å². The minimum atomic E-state index is -0.816. The van der Waals surface area contributed by atoms with Gasteiger partial charge in [0.2, 0.25) is 0 Å². The summed E-state index contributed by atoms with van der Waals surface area (Å²) in [6.45, 7) is 7.90. The van der Waals surface area contributed by atoms with Gasteiger partial charge in [-0.3, -0.25) is 24.0 Å². The number of nitrogens with zero attached hydrogens (tertiary/aromatic N) is 2. The lowest BCUT2D eigenvalue weighted by Gasteiger charge is -2.16. The van der Waals surface area contributed by atoms with Crippen LogP contribution in [0, 0.1) is 11.8 Å². The fraction of sp³-hybridized carbons (Fsp3) is 0.750. The third-order valence-corrected chi connectivity index (χ3v) is 6.53. The second-order valence-corrected chi connectivity index (χ2v) is 11.7. The van der Waals surface area contributed by atoms with E-state index in [-0.39, 0.29) is 96.0 Å². The first-order valence-electron chi connectivity index (χ1n) is 18.2. The van der Waals surface area contributed by atoms with E-state index in [4.69, 9.17) is 39.5 Å². The summed E-state index contributed by atoms with van der Waals surface area (Å²) >= 11 is 0. The number of carbonyl (C=O) groups excluding carboxylic acids is 9. The highest BCUT2D eigenvalue weighted by atomic mass is 16.7. The summed E-state index contributed by atoms with van der Waals surface area (Å²) in [5, 5.41) is 41.6. The van der Waals surface area contributed by atoms with Crippen LogP contribution in [0.5, 0.6) is 0 Å². The van der Waals surface area contributed by atoms with Gasteiger partial charge in [0, 0.05) is 58.5 Å². The molecule has 2 aliphatic heterocycles. The number of carbonyl (C=O) groups is 9. The van der Waals surface area contributed by atoms with Gasteiger partial charge in [-0.25, -0.2) is 9.59 Å². The minimum absolute atomic E-state index is 0.000678. The van der Waals surface area contributed by atoms with Crippen molar-refractivity contribution >= 4 is 54.9 Å². The van der Waals surface area contributed by atoms with E-state index < -0.39 is 35.6 Å². The predicted octanol–water partition coefficient (Wildman–Crippen LogP) is -0.951. The molecule has 2 unspecified atom stereocenters. The molecule has 2 fully saturated rings. The zero-order valence-electron chi connectivity index (χ0n) is 34.5. The van der Waals surface area contributed by atoms with Crippen LogP contribution in [0.4, 0.5) is 0 Å². The standard InChI is InChI=1S/C13H21NO7.C10H20O4.C7H9NO4.2C2H7N.2CH2O/c15-6-1-2-10(5-7-16)8-20-9-13(19)21-14-11(17)3-4-12(14)18;1-9(13)7-14-8-10(4-6-12)3-2-5-11;1-2-7(11)12-8-5(9)3-4-6(8)10;2*1-3-2;2*1-2/h10,15-16H,1-9H2;10-12H,2-8H2,1H3;2-4H2,1H3;2*3H,1-2H3;2*1H2. The number of ether oxygens (including phenoxy) is 2. The van der Waals surface area contributed by atoms with Crippen molar-refractivity contribution in [3.63, 3.8) is 0 Å². The molecule has 2 aliphatic rings. The van der Waals surface area contributed by atoms with Crippen molar-refractivity contribution in [2.24, 2.45) is 11.8 Å². The molecule has 0 aromatic carbocycles. The number of amides is 4. The van der Waals surface area contributed by atoms with E-state index >= 15 is 0 Å². The van der Waals surface area contributed by atoms with E-state index in [1.165, 1.54) is 6.92 Å². The normalized spacial score (nSPS) is 13.5. The number of aliphatic hydroxyl groups excluding tert-OH is 4. The number of Topliss-reactive ketones (excluding diaryl/α,β-unsaturated/α-hetero) is 1. The first-order chi connectivity index (χ1) is 27.3. The molecule has 334 valence electrons. The first kappa shape index (κ1) is 62.1. The predicted molar refractivity (Wildman–Crippen MR) is 204 cm³/mol. The lowest BCUT2D eigenvalue weighted by molar-refractivity contribution is -0.200. The van der Waals surface area contributed by atoms with E-state index in [1.54, 1.807) is 6.92 Å². The van der Waals surface area contributed by atoms with Gasteiger partial charge in [-0.2, -0.15) is 0 Å². The Hall–Kier alpha value is -4.09. The van der Waals surface area contributed by atoms with Gasteiger partial charge in [-0.05, 0) is 85.5 Å². The monoisotopic (exact) mass is 828 g/mol. The maximum Gasteiger partial charge on any atom is 0.358 e. The Labute approximate surface area is 335 Å². The number of hydrogen-bond acceptors (Lipinski definition) is 19. The van der Waals surface area contributed by atoms with E-state index in [1.807, 2.05) is 41.8 Å². The van der Waals surface area contributed by atoms with Crippen LogP contribution in [0.25, 0.3) is 0 Å². The Kier molecular flexibility index (Phi) is 50.4. The second-order valence-electron chi connectivity index (χ2n) is 11.7. The van der Waals surface area contributed by atoms with Gasteiger partial charge in [-0.1, -0.05) is 6.92 Å². The highest BCUT2D eigenvalue weighted by molar-refractivity contribution is 6.02. The third-order valence-electron chi connectivity index (χ3n) is 6.53. The SMILES string of the molecule is C=O.C=O.CC(=O)COCC(CCO)CCCO.CCC(=O)ON1C(=O)CCC1=O.CNC.CNC.O=C(COCC(CCO)CCCO)ON1C(=O)CCC1=O. The van der Waals surface area contributed by atoms with Gasteiger partial charge in [0.1, 0.15) is 26.8 Å². The average molecular weight is 829 g/mol. The number of aliphatic hydroxyl groups is 4. The highest BCUT2D eigenvalue weighted by Gasteiger charge is 2.33. The number of hydroxylamine groups is 4. The van der Waals surface area contributed by atoms with Gasteiger partial charge in [0.05, 0.1) is 13.2 Å². The van der Waals surface area contributed by atoms with Crippen LogP contribution >= 0.6 is 0 Å². The minimum Gasteiger partial charge on any atom is -0.396 e. The zero-order valence-corrected chi connectivity index (χ0v) is 34.5. The first-order valence-corrected chi connectivity index (χ1v) is 18.2. The molecule has 57 heavy (non-hydrogen) atoms. The third kappa shape index (κ3) is 38.6. The van der Waals surface area contributed by atoms with Gasteiger partial charge >= 0.3 is 11.9 Å².